The van der Waals surface area contributed by atoms with Gasteiger partial charge in [0.05, 0.1) is 0 Å². The molecule has 1 atom stereocenters. The summed E-state index contributed by atoms with van der Waals surface area (Å²) in [6.07, 6.45) is 3.24. The fraction of sp³-hybridized carbons (Fsp3) is 0.625. The van der Waals surface area contributed by atoms with Crippen LogP contribution in [-0.4, -0.2) is 26.3 Å². The minimum absolute atomic E-state index is 0.428. The largest absolute Gasteiger partial charge is 0.381 e. The quantitative estimate of drug-likeness (QED) is 0.649. The Morgan fingerprint density at radius 3 is 2.63 bits per heavy atom. The molecule has 0 aliphatic carbocycles. The summed E-state index contributed by atoms with van der Waals surface area (Å²) in [5, 5.41) is 4.35. The highest BCUT2D eigenvalue weighted by Crippen LogP contribution is 2.26. The van der Waals surface area contributed by atoms with E-state index in [-0.39, 0.29) is 0 Å². The van der Waals surface area contributed by atoms with Gasteiger partial charge < -0.3 is 10.1 Å². The minimum Gasteiger partial charge on any atom is -0.381 e. The second-order valence-corrected chi connectivity index (χ2v) is 5.23. The molecule has 0 spiro atoms. The highest BCUT2D eigenvalue weighted by atomic mass is 35.5. The Morgan fingerprint density at radius 2 is 1.95 bits per heavy atom. The van der Waals surface area contributed by atoms with Crippen molar-refractivity contribution in [1.82, 2.24) is 5.32 Å². The molecule has 1 N–H and O–H groups in total. The van der Waals surface area contributed by atoms with Crippen molar-refractivity contribution in [2.45, 2.75) is 39.0 Å². The van der Waals surface area contributed by atoms with Crippen molar-refractivity contribution in [3.8, 4) is 0 Å². The zero-order valence-corrected chi connectivity index (χ0v) is 12.9. The van der Waals surface area contributed by atoms with Crippen LogP contribution in [0, 0.1) is 0 Å². The summed E-state index contributed by atoms with van der Waals surface area (Å²) in [4.78, 5) is 0. The van der Waals surface area contributed by atoms with Crippen LogP contribution in [0.25, 0.3) is 0 Å². The average molecular weight is 284 g/mol. The topological polar surface area (TPSA) is 21.3 Å². The van der Waals surface area contributed by atoms with Crippen molar-refractivity contribution in [3.63, 3.8) is 0 Å². The molecule has 1 unspecified atom stereocenters. The molecule has 1 aromatic carbocycles. The van der Waals surface area contributed by atoms with Crippen molar-refractivity contribution >= 4 is 11.6 Å². The van der Waals surface area contributed by atoms with E-state index in [1.165, 1.54) is 5.56 Å². The van der Waals surface area contributed by atoms with Crippen LogP contribution in [0.4, 0.5) is 0 Å². The van der Waals surface area contributed by atoms with Gasteiger partial charge in [-0.2, -0.15) is 0 Å². The van der Waals surface area contributed by atoms with Crippen LogP contribution in [0.3, 0.4) is 0 Å². The molecule has 1 rings (SSSR count). The summed E-state index contributed by atoms with van der Waals surface area (Å²) in [5.74, 6) is 0.428. The van der Waals surface area contributed by atoms with E-state index in [9.17, 15) is 0 Å². The Balaban J connectivity index is 2.55. The first kappa shape index (κ1) is 16.5. The van der Waals surface area contributed by atoms with E-state index in [1.54, 1.807) is 0 Å². The molecule has 0 fully saturated rings. The summed E-state index contributed by atoms with van der Waals surface area (Å²) in [5.41, 5.74) is 1.23. The third-order valence-corrected chi connectivity index (χ3v) is 3.47. The molecule has 3 heteroatoms. The zero-order valence-electron chi connectivity index (χ0n) is 12.1. The van der Waals surface area contributed by atoms with E-state index in [4.69, 9.17) is 16.3 Å². The number of halogens is 1. The van der Waals surface area contributed by atoms with Crippen LogP contribution in [0.5, 0.6) is 0 Å². The van der Waals surface area contributed by atoms with Gasteiger partial charge >= 0.3 is 0 Å². The van der Waals surface area contributed by atoms with E-state index in [1.807, 2.05) is 12.1 Å². The predicted octanol–water partition coefficient (Wildman–Crippen LogP) is 4.24. The lowest BCUT2D eigenvalue weighted by Gasteiger charge is -2.19. The van der Waals surface area contributed by atoms with Gasteiger partial charge in [0.25, 0.3) is 0 Å². The molecule has 0 bridgehead atoms. The number of nitrogens with one attached hydrogen (secondary N) is 1. The van der Waals surface area contributed by atoms with Crippen LogP contribution in [0.2, 0.25) is 5.02 Å². The summed E-state index contributed by atoms with van der Waals surface area (Å²) in [6.45, 7) is 7.98. The molecular formula is C16H26ClNO. The molecule has 1 aromatic rings. The van der Waals surface area contributed by atoms with Crippen LogP contribution in [0.15, 0.2) is 24.3 Å². The number of hydrogen-bond acceptors (Lipinski definition) is 2. The summed E-state index contributed by atoms with van der Waals surface area (Å²) >= 11 is 6.30. The van der Waals surface area contributed by atoms with Gasteiger partial charge in [0.15, 0.2) is 0 Å². The third-order valence-electron chi connectivity index (χ3n) is 3.12. The molecule has 0 aliphatic heterocycles. The molecule has 19 heavy (non-hydrogen) atoms. The predicted molar refractivity (Wildman–Crippen MR) is 83.1 cm³/mol. The Bertz CT molecular complexity index is 343. The molecule has 0 saturated heterocycles. The van der Waals surface area contributed by atoms with E-state index in [2.05, 4.69) is 31.3 Å². The smallest absolute Gasteiger partial charge is 0.0472 e. The van der Waals surface area contributed by atoms with Gasteiger partial charge in [0.2, 0.25) is 0 Å². The molecule has 0 saturated carbocycles. The van der Waals surface area contributed by atoms with Crippen LogP contribution < -0.4 is 5.32 Å². The molecular weight excluding hydrogens is 258 g/mol. The first-order valence-electron chi connectivity index (χ1n) is 7.32. The standard InChI is InChI=1S/C16H26ClNO/c1-3-10-18-13-14(9-12-19-11-4-2)15-7-5-6-8-16(15)17/h5-8,14,18H,3-4,9-13H2,1-2H3. The normalized spacial score (nSPS) is 12.6. The average Bonchev–Trinajstić information content (AvgIpc) is 2.42. The molecule has 108 valence electrons. The lowest BCUT2D eigenvalue weighted by molar-refractivity contribution is 0.127. The van der Waals surface area contributed by atoms with Crippen LogP contribution >= 0.6 is 11.6 Å². The van der Waals surface area contributed by atoms with Crippen LogP contribution in [0.1, 0.15) is 44.6 Å². The second kappa shape index (κ2) is 10.2. The summed E-state index contributed by atoms with van der Waals surface area (Å²) in [7, 11) is 0. The fourth-order valence-electron chi connectivity index (χ4n) is 2.10. The maximum absolute atomic E-state index is 6.30. The number of ether oxygens (including phenoxy) is 1. The highest BCUT2D eigenvalue weighted by Gasteiger charge is 2.14. The van der Waals surface area contributed by atoms with E-state index < -0.39 is 0 Å². The van der Waals surface area contributed by atoms with Gasteiger partial charge in [-0.15, -0.1) is 0 Å². The van der Waals surface area contributed by atoms with Crippen molar-refractivity contribution in [2.75, 3.05) is 26.3 Å². The van der Waals surface area contributed by atoms with Crippen molar-refractivity contribution in [2.24, 2.45) is 0 Å². The SMILES string of the molecule is CCCNCC(CCOCCC)c1ccccc1Cl. The van der Waals surface area contributed by atoms with Crippen molar-refractivity contribution < 1.29 is 4.74 Å². The van der Waals surface area contributed by atoms with Crippen molar-refractivity contribution in [3.05, 3.63) is 34.9 Å². The maximum atomic E-state index is 6.30. The van der Waals surface area contributed by atoms with Gasteiger partial charge in [-0.1, -0.05) is 43.6 Å². The Hall–Kier alpha value is -0.570. The first-order chi connectivity index (χ1) is 9.29. The highest BCUT2D eigenvalue weighted by molar-refractivity contribution is 6.31. The molecule has 0 amide bonds. The first-order valence-corrected chi connectivity index (χ1v) is 7.70. The molecule has 0 aromatic heterocycles. The van der Waals surface area contributed by atoms with Gasteiger partial charge in [0, 0.05) is 24.8 Å². The summed E-state index contributed by atoms with van der Waals surface area (Å²) in [6, 6.07) is 8.13. The third kappa shape index (κ3) is 6.42. The van der Waals surface area contributed by atoms with Gasteiger partial charge in [-0.05, 0) is 43.4 Å². The Kier molecular flexibility index (Phi) is 8.89. The number of rotatable bonds is 10. The lowest BCUT2D eigenvalue weighted by Crippen LogP contribution is -2.23. The second-order valence-electron chi connectivity index (χ2n) is 4.82. The maximum Gasteiger partial charge on any atom is 0.0472 e. The Morgan fingerprint density at radius 1 is 1.16 bits per heavy atom. The van der Waals surface area contributed by atoms with Crippen LogP contribution in [-0.2, 0) is 4.74 Å². The summed E-state index contributed by atoms with van der Waals surface area (Å²) < 4.78 is 5.61. The van der Waals surface area contributed by atoms with E-state index >= 15 is 0 Å². The van der Waals surface area contributed by atoms with E-state index in [0.717, 1.165) is 50.6 Å². The number of hydrogen-bond donors (Lipinski definition) is 1. The van der Waals surface area contributed by atoms with Crippen molar-refractivity contribution in [1.29, 1.82) is 0 Å². The molecule has 0 radical (unpaired) electrons. The van der Waals surface area contributed by atoms with E-state index in [0.29, 0.717) is 5.92 Å². The molecule has 2 nitrogen and oxygen atoms in total. The van der Waals surface area contributed by atoms with Gasteiger partial charge in [0.1, 0.15) is 0 Å². The van der Waals surface area contributed by atoms with Gasteiger partial charge in [-0.3, -0.25) is 0 Å². The molecule has 0 heterocycles. The number of benzene rings is 1. The molecule has 0 aliphatic rings. The monoisotopic (exact) mass is 283 g/mol. The zero-order chi connectivity index (χ0) is 13.9. The van der Waals surface area contributed by atoms with Gasteiger partial charge in [-0.25, -0.2) is 0 Å². The Labute approximate surface area is 122 Å². The fourth-order valence-corrected chi connectivity index (χ4v) is 2.39. The minimum atomic E-state index is 0.428. The lowest BCUT2D eigenvalue weighted by atomic mass is 9.96.